The van der Waals surface area contributed by atoms with Crippen molar-refractivity contribution >= 4 is 29.2 Å². The van der Waals surface area contributed by atoms with Crippen LogP contribution in [0.1, 0.15) is 6.42 Å². The number of primary amides is 1. The summed E-state index contributed by atoms with van der Waals surface area (Å²) >= 11 is 6.05. The van der Waals surface area contributed by atoms with Crippen LogP contribution in [0, 0.1) is 5.92 Å². The van der Waals surface area contributed by atoms with Crippen molar-refractivity contribution in [3.63, 3.8) is 0 Å². The molecule has 20 heavy (non-hydrogen) atoms. The third kappa shape index (κ3) is 2.96. The van der Waals surface area contributed by atoms with Crippen LogP contribution in [-0.4, -0.2) is 37.0 Å². The van der Waals surface area contributed by atoms with E-state index in [1.54, 1.807) is 18.2 Å². The molecule has 1 aromatic carbocycles. The molecule has 0 radical (unpaired) electrons. The van der Waals surface area contributed by atoms with Crippen molar-refractivity contribution in [1.29, 1.82) is 0 Å². The van der Waals surface area contributed by atoms with Crippen molar-refractivity contribution in [3.8, 4) is 5.75 Å². The molecule has 3 N–H and O–H groups in total. The second-order valence-corrected chi connectivity index (χ2v) is 4.99. The van der Waals surface area contributed by atoms with Gasteiger partial charge in [0.2, 0.25) is 5.91 Å². The van der Waals surface area contributed by atoms with Crippen LogP contribution < -0.4 is 15.8 Å². The first kappa shape index (κ1) is 14.5. The fourth-order valence-corrected chi connectivity index (χ4v) is 2.37. The molecule has 1 fully saturated rings. The van der Waals surface area contributed by atoms with E-state index in [2.05, 4.69) is 5.32 Å². The highest BCUT2D eigenvalue weighted by Crippen LogP contribution is 2.32. The molecule has 0 saturated carbocycles. The van der Waals surface area contributed by atoms with Crippen LogP contribution in [0.2, 0.25) is 5.02 Å². The molecule has 0 unspecified atom stereocenters. The van der Waals surface area contributed by atoms with Crippen LogP contribution in [0.3, 0.4) is 0 Å². The Morgan fingerprint density at radius 1 is 1.50 bits per heavy atom. The standard InChI is InChI=1S/C13H16ClN3O3/c1-20-10-4-2-3-9(14)11(10)16-13(19)17-6-5-8(7-17)12(15)18/h2-4,8H,5-7H2,1H3,(H2,15,18)(H,16,19)/t8-/m0/s1. The predicted molar refractivity (Wildman–Crippen MR) is 75.9 cm³/mol. The Morgan fingerprint density at radius 3 is 2.85 bits per heavy atom. The minimum Gasteiger partial charge on any atom is -0.495 e. The van der Waals surface area contributed by atoms with Crippen molar-refractivity contribution in [2.45, 2.75) is 6.42 Å². The lowest BCUT2D eigenvalue weighted by Gasteiger charge is -2.18. The average Bonchev–Trinajstić information content (AvgIpc) is 2.91. The number of carbonyl (C=O) groups is 2. The summed E-state index contributed by atoms with van der Waals surface area (Å²) in [5.74, 6) is -0.180. The van der Waals surface area contributed by atoms with Gasteiger partial charge in [0.1, 0.15) is 11.4 Å². The van der Waals surface area contributed by atoms with Gasteiger partial charge in [0.15, 0.2) is 0 Å². The summed E-state index contributed by atoms with van der Waals surface area (Å²) in [6.07, 6.45) is 0.586. The van der Waals surface area contributed by atoms with Crippen molar-refractivity contribution < 1.29 is 14.3 Å². The van der Waals surface area contributed by atoms with Gasteiger partial charge in [0.05, 0.1) is 18.1 Å². The lowest BCUT2D eigenvalue weighted by Crippen LogP contribution is -2.35. The first-order chi connectivity index (χ1) is 9.52. The molecule has 3 amide bonds. The second-order valence-electron chi connectivity index (χ2n) is 4.58. The number of urea groups is 1. The molecule has 1 aromatic rings. The molecule has 1 atom stereocenters. The van der Waals surface area contributed by atoms with Gasteiger partial charge in [-0.1, -0.05) is 17.7 Å². The minimum atomic E-state index is -0.379. The smallest absolute Gasteiger partial charge is 0.322 e. The summed E-state index contributed by atoms with van der Waals surface area (Å²) in [6, 6.07) is 4.78. The van der Waals surface area contributed by atoms with Gasteiger partial charge in [0.25, 0.3) is 0 Å². The third-order valence-electron chi connectivity index (χ3n) is 3.31. The summed E-state index contributed by atoms with van der Waals surface area (Å²) < 4.78 is 5.16. The van der Waals surface area contributed by atoms with Crippen LogP contribution in [0.4, 0.5) is 10.5 Å². The van der Waals surface area contributed by atoms with E-state index in [4.69, 9.17) is 22.1 Å². The van der Waals surface area contributed by atoms with E-state index in [9.17, 15) is 9.59 Å². The topological polar surface area (TPSA) is 84.7 Å². The highest BCUT2D eigenvalue weighted by Gasteiger charge is 2.30. The van der Waals surface area contributed by atoms with Crippen molar-refractivity contribution in [3.05, 3.63) is 23.2 Å². The lowest BCUT2D eigenvalue weighted by molar-refractivity contribution is -0.121. The first-order valence-corrected chi connectivity index (χ1v) is 6.58. The highest BCUT2D eigenvalue weighted by molar-refractivity contribution is 6.34. The van der Waals surface area contributed by atoms with Crippen molar-refractivity contribution in [1.82, 2.24) is 4.90 Å². The summed E-state index contributed by atoms with van der Waals surface area (Å²) in [6.45, 7) is 0.820. The maximum absolute atomic E-state index is 12.2. The molecule has 0 aromatic heterocycles. The number of para-hydroxylation sites is 1. The number of anilines is 1. The van der Waals surface area contributed by atoms with E-state index >= 15 is 0 Å². The number of methoxy groups -OCH3 is 1. The summed E-state index contributed by atoms with van der Waals surface area (Å²) in [5.41, 5.74) is 5.66. The van der Waals surface area contributed by atoms with E-state index < -0.39 is 0 Å². The van der Waals surface area contributed by atoms with E-state index in [0.717, 1.165) is 0 Å². The summed E-state index contributed by atoms with van der Waals surface area (Å²) in [4.78, 5) is 24.8. The zero-order valence-corrected chi connectivity index (χ0v) is 11.8. The molecule has 108 valence electrons. The fourth-order valence-electron chi connectivity index (χ4n) is 2.16. The third-order valence-corrected chi connectivity index (χ3v) is 3.62. The number of nitrogens with zero attached hydrogens (tertiary/aromatic N) is 1. The number of ether oxygens (including phenoxy) is 1. The van der Waals surface area contributed by atoms with Gasteiger partial charge in [-0.25, -0.2) is 4.79 Å². The molecule has 2 rings (SSSR count). The van der Waals surface area contributed by atoms with Gasteiger partial charge in [-0.05, 0) is 18.6 Å². The number of hydrogen-bond acceptors (Lipinski definition) is 3. The molecule has 1 saturated heterocycles. The number of nitrogens with one attached hydrogen (secondary N) is 1. The number of nitrogens with two attached hydrogens (primary N) is 1. The quantitative estimate of drug-likeness (QED) is 0.890. The minimum absolute atomic E-state index is 0.283. The van der Waals surface area contributed by atoms with Crippen LogP contribution in [0.5, 0.6) is 5.75 Å². The number of carbonyl (C=O) groups excluding carboxylic acids is 2. The molecule has 6 nitrogen and oxygen atoms in total. The summed E-state index contributed by atoms with van der Waals surface area (Å²) in [5, 5.41) is 3.10. The molecule has 1 aliphatic heterocycles. The summed E-state index contributed by atoms with van der Waals surface area (Å²) in [7, 11) is 1.50. The monoisotopic (exact) mass is 297 g/mol. The number of amides is 3. The number of rotatable bonds is 3. The van der Waals surface area contributed by atoms with Gasteiger partial charge in [-0.3, -0.25) is 4.79 Å². The number of benzene rings is 1. The molecule has 0 aliphatic carbocycles. The molecule has 1 aliphatic rings. The highest BCUT2D eigenvalue weighted by atomic mass is 35.5. The molecular weight excluding hydrogens is 282 g/mol. The van der Waals surface area contributed by atoms with E-state index in [0.29, 0.717) is 36.0 Å². The SMILES string of the molecule is COc1cccc(Cl)c1NC(=O)N1CC[C@H](C(N)=O)C1. The van der Waals surface area contributed by atoms with Crippen LogP contribution in [0.15, 0.2) is 18.2 Å². The maximum atomic E-state index is 12.2. The van der Waals surface area contributed by atoms with E-state index in [1.807, 2.05) is 0 Å². The Morgan fingerprint density at radius 2 is 2.25 bits per heavy atom. The normalized spacial score (nSPS) is 17.9. The van der Waals surface area contributed by atoms with Gasteiger partial charge >= 0.3 is 6.03 Å². The van der Waals surface area contributed by atoms with Gasteiger partial charge in [-0.2, -0.15) is 0 Å². The largest absolute Gasteiger partial charge is 0.495 e. The Labute approximate surface area is 121 Å². The molecule has 0 spiro atoms. The molecule has 0 bridgehead atoms. The van der Waals surface area contributed by atoms with Crippen molar-refractivity contribution in [2.24, 2.45) is 11.7 Å². The Balaban J connectivity index is 2.08. The predicted octanol–water partition coefficient (Wildman–Crippen LogP) is 1.69. The zero-order chi connectivity index (χ0) is 14.7. The molecular formula is C13H16ClN3O3. The first-order valence-electron chi connectivity index (χ1n) is 6.20. The Bertz CT molecular complexity index is 536. The lowest BCUT2D eigenvalue weighted by atomic mass is 10.1. The number of likely N-dealkylation sites (tertiary alicyclic amines) is 1. The number of hydrogen-bond donors (Lipinski definition) is 2. The average molecular weight is 298 g/mol. The number of halogens is 1. The van der Waals surface area contributed by atoms with Crippen molar-refractivity contribution in [2.75, 3.05) is 25.5 Å². The van der Waals surface area contributed by atoms with E-state index in [-0.39, 0.29) is 17.9 Å². The fraction of sp³-hybridized carbons (Fsp3) is 0.385. The zero-order valence-electron chi connectivity index (χ0n) is 11.1. The van der Waals surface area contributed by atoms with Gasteiger partial charge in [0, 0.05) is 13.1 Å². The second kappa shape index (κ2) is 6.00. The molecule has 1 heterocycles. The van der Waals surface area contributed by atoms with Crippen LogP contribution >= 0.6 is 11.6 Å². The van der Waals surface area contributed by atoms with Crippen LogP contribution in [0.25, 0.3) is 0 Å². The Hall–Kier alpha value is -1.95. The van der Waals surface area contributed by atoms with Crippen LogP contribution in [-0.2, 0) is 4.79 Å². The Kier molecular flexibility index (Phi) is 4.34. The van der Waals surface area contributed by atoms with E-state index in [1.165, 1.54) is 12.0 Å². The van der Waals surface area contributed by atoms with Gasteiger partial charge in [-0.15, -0.1) is 0 Å². The van der Waals surface area contributed by atoms with Gasteiger partial charge < -0.3 is 20.7 Å². The molecule has 7 heteroatoms. The maximum Gasteiger partial charge on any atom is 0.322 e.